The van der Waals surface area contributed by atoms with E-state index in [0.29, 0.717) is 33.4 Å². The van der Waals surface area contributed by atoms with E-state index in [1.54, 1.807) is 18.2 Å². The summed E-state index contributed by atoms with van der Waals surface area (Å²) >= 11 is 0. The average molecular weight is 501 g/mol. The molecule has 0 unspecified atom stereocenters. The van der Waals surface area contributed by atoms with Crippen LogP contribution in [0.5, 0.6) is 46.0 Å². The summed E-state index contributed by atoms with van der Waals surface area (Å²) in [5.74, 6) is -2.34. The van der Waals surface area contributed by atoms with Crippen molar-refractivity contribution in [2.45, 2.75) is 11.8 Å². The fraction of sp³-hybridized carbons (Fsp3) is 0.103. The van der Waals surface area contributed by atoms with Crippen molar-refractivity contribution in [1.29, 1.82) is 0 Å². The van der Waals surface area contributed by atoms with E-state index in [0.717, 1.165) is 0 Å². The molecule has 0 heterocycles. The van der Waals surface area contributed by atoms with Crippen molar-refractivity contribution < 1.29 is 40.5 Å². The second-order valence-corrected chi connectivity index (χ2v) is 8.94. The van der Waals surface area contributed by atoms with Gasteiger partial charge in [-0.2, -0.15) is 0 Å². The molecule has 4 aromatic carbocycles. The van der Waals surface area contributed by atoms with Gasteiger partial charge < -0.3 is 40.5 Å². The summed E-state index contributed by atoms with van der Waals surface area (Å²) in [6, 6.07) is 15.7. The number of benzene rings is 4. The van der Waals surface area contributed by atoms with Gasteiger partial charge in [-0.15, -0.1) is 0 Å². The summed E-state index contributed by atoms with van der Waals surface area (Å²) in [4.78, 5) is 0. The number of hydrogen-bond acceptors (Lipinski definition) is 8. The summed E-state index contributed by atoms with van der Waals surface area (Å²) in [6.07, 6.45) is 1.78. The van der Waals surface area contributed by atoms with E-state index in [1.807, 2.05) is 0 Å². The number of phenolic OH excluding ortho intramolecular Hbond substituents is 7. The molecule has 8 nitrogen and oxygen atoms in total. The second-order valence-electron chi connectivity index (χ2n) is 8.94. The molecule has 0 spiro atoms. The highest BCUT2D eigenvalue weighted by atomic mass is 16.5. The van der Waals surface area contributed by atoms with Crippen LogP contribution in [-0.4, -0.2) is 42.9 Å². The topological polar surface area (TPSA) is 151 Å². The Balaban J connectivity index is 1.85. The molecule has 7 N–H and O–H groups in total. The van der Waals surface area contributed by atoms with Crippen molar-refractivity contribution in [3.63, 3.8) is 0 Å². The molecule has 0 bridgehead atoms. The van der Waals surface area contributed by atoms with Gasteiger partial charge in [-0.1, -0.05) is 18.2 Å². The third-order valence-corrected chi connectivity index (χ3v) is 6.59. The Bertz CT molecular complexity index is 1540. The van der Waals surface area contributed by atoms with Gasteiger partial charge in [-0.05, 0) is 58.7 Å². The zero-order chi connectivity index (χ0) is 26.4. The van der Waals surface area contributed by atoms with Crippen LogP contribution in [0, 0.1) is 0 Å². The molecular formula is C29H24O8. The van der Waals surface area contributed by atoms with Crippen LogP contribution in [0.4, 0.5) is 0 Å². The maximum atomic E-state index is 11.0. The number of fused-ring (bicyclic) bond motifs is 1. The van der Waals surface area contributed by atoms with Crippen LogP contribution in [0.2, 0.25) is 0 Å². The van der Waals surface area contributed by atoms with Crippen molar-refractivity contribution in [3.8, 4) is 46.0 Å². The first-order valence-electron chi connectivity index (χ1n) is 11.4. The van der Waals surface area contributed by atoms with Crippen molar-refractivity contribution in [2.24, 2.45) is 0 Å². The van der Waals surface area contributed by atoms with Gasteiger partial charge in [-0.3, -0.25) is 0 Å². The van der Waals surface area contributed by atoms with Crippen LogP contribution in [0.25, 0.3) is 11.6 Å². The van der Waals surface area contributed by atoms with Crippen LogP contribution in [0.15, 0.2) is 66.7 Å². The van der Waals surface area contributed by atoms with Crippen LogP contribution in [0.1, 0.15) is 39.7 Å². The first-order chi connectivity index (χ1) is 17.7. The molecule has 0 saturated heterocycles. The summed E-state index contributed by atoms with van der Waals surface area (Å²) in [5, 5.41) is 72.7. The first-order valence-corrected chi connectivity index (χ1v) is 11.4. The molecule has 4 aromatic rings. The van der Waals surface area contributed by atoms with Gasteiger partial charge in [0.2, 0.25) is 0 Å². The van der Waals surface area contributed by atoms with Crippen molar-refractivity contribution in [3.05, 3.63) is 94.5 Å². The van der Waals surface area contributed by atoms with Crippen LogP contribution >= 0.6 is 0 Å². The lowest BCUT2D eigenvalue weighted by molar-refractivity contribution is 0.373. The number of phenols is 7. The molecule has 0 radical (unpaired) electrons. The molecule has 8 heteroatoms. The van der Waals surface area contributed by atoms with Gasteiger partial charge in [0.15, 0.2) is 11.5 Å². The summed E-state index contributed by atoms with van der Waals surface area (Å²) in [7, 11) is 1.43. The fourth-order valence-corrected chi connectivity index (χ4v) is 5.13. The average Bonchev–Trinajstić information content (AvgIpc) is 3.13. The van der Waals surface area contributed by atoms with Crippen LogP contribution in [-0.2, 0) is 0 Å². The van der Waals surface area contributed by atoms with Gasteiger partial charge in [0.05, 0.1) is 7.11 Å². The van der Waals surface area contributed by atoms with Gasteiger partial charge >= 0.3 is 0 Å². The quantitative estimate of drug-likeness (QED) is 0.204. The lowest BCUT2D eigenvalue weighted by atomic mass is 9.79. The Morgan fingerprint density at radius 3 is 1.97 bits per heavy atom. The molecule has 5 rings (SSSR count). The minimum atomic E-state index is -0.734. The Kier molecular flexibility index (Phi) is 5.72. The summed E-state index contributed by atoms with van der Waals surface area (Å²) in [6.45, 7) is 0. The normalized spacial score (nSPS) is 17.6. The van der Waals surface area contributed by atoms with E-state index in [-0.39, 0.29) is 46.0 Å². The summed E-state index contributed by atoms with van der Waals surface area (Å²) in [5.41, 5.74) is 2.96. The van der Waals surface area contributed by atoms with Gasteiger partial charge in [-0.25, -0.2) is 0 Å². The highest BCUT2D eigenvalue weighted by Crippen LogP contribution is 2.60. The minimum Gasteiger partial charge on any atom is -0.508 e. The van der Waals surface area contributed by atoms with Crippen LogP contribution < -0.4 is 4.74 Å². The molecular weight excluding hydrogens is 476 g/mol. The Labute approximate surface area is 211 Å². The molecule has 1 aliphatic rings. The number of rotatable bonds is 4. The number of methoxy groups -OCH3 is 1. The molecule has 0 fully saturated rings. The highest BCUT2D eigenvalue weighted by Gasteiger charge is 2.42. The second kappa shape index (κ2) is 8.91. The number of ether oxygens (including phenoxy) is 1. The van der Waals surface area contributed by atoms with Gasteiger partial charge in [0, 0.05) is 41.2 Å². The maximum Gasteiger partial charge on any atom is 0.161 e. The zero-order valence-corrected chi connectivity index (χ0v) is 19.6. The molecule has 2 atom stereocenters. The number of hydrogen-bond donors (Lipinski definition) is 7. The number of allylic oxidation sites excluding steroid dienone is 1. The molecule has 0 amide bonds. The fourth-order valence-electron chi connectivity index (χ4n) is 5.13. The molecule has 0 saturated carbocycles. The first kappa shape index (κ1) is 23.7. The largest absolute Gasteiger partial charge is 0.508 e. The van der Waals surface area contributed by atoms with E-state index >= 15 is 0 Å². The molecule has 1 aliphatic carbocycles. The lowest BCUT2D eigenvalue weighted by Crippen LogP contribution is -2.08. The van der Waals surface area contributed by atoms with E-state index < -0.39 is 11.8 Å². The predicted molar refractivity (Wildman–Crippen MR) is 136 cm³/mol. The van der Waals surface area contributed by atoms with E-state index in [4.69, 9.17) is 4.74 Å². The monoisotopic (exact) mass is 500 g/mol. The Morgan fingerprint density at radius 2 is 1.30 bits per heavy atom. The molecule has 188 valence electrons. The minimum absolute atomic E-state index is 0.0480. The third-order valence-electron chi connectivity index (χ3n) is 6.59. The third kappa shape index (κ3) is 4.18. The summed E-state index contributed by atoms with van der Waals surface area (Å²) < 4.78 is 5.24. The van der Waals surface area contributed by atoms with Crippen molar-refractivity contribution >= 4 is 11.6 Å². The molecule has 37 heavy (non-hydrogen) atoms. The Morgan fingerprint density at radius 1 is 0.622 bits per heavy atom. The van der Waals surface area contributed by atoms with E-state index in [9.17, 15) is 35.7 Å². The van der Waals surface area contributed by atoms with E-state index in [1.165, 1.54) is 61.7 Å². The highest BCUT2D eigenvalue weighted by molar-refractivity contribution is 5.93. The Hall–Kier alpha value is -4.98. The molecule has 0 aliphatic heterocycles. The standard InChI is InChI=1S/C29H24O8/c1-37-26-7-14(2-5-23(26)34)6-21-22-11-19(33)13-25(36)28(22)29(20-4-3-16(30)12-24(20)35)27(21)15-8-17(31)10-18(32)9-15/h2-13,27,29-36H,1H3/t27-,29+/m1/s1. The lowest BCUT2D eigenvalue weighted by Gasteiger charge is -2.24. The SMILES string of the molecule is COc1cc(C=C2c3cc(O)cc(O)c3[C@@H](c3ccc(O)cc3O)[C@@H]2c2cc(O)cc(O)c2)ccc1O. The maximum absolute atomic E-state index is 11.0. The zero-order valence-electron chi connectivity index (χ0n) is 19.6. The smallest absolute Gasteiger partial charge is 0.161 e. The van der Waals surface area contributed by atoms with Crippen molar-refractivity contribution in [2.75, 3.05) is 7.11 Å². The predicted octanol–water partition coefficient (Wildman–Crippen LogP) is 5.10. The van der Waals surface area contributed by atoms with Gasteiger partial charge in [0.1, 0.15) is 34.5 Å². The van der Waals surface area contributed by atoms with Crippen molar-refractivity contribution in [1.82, 2.24) is 0 Å². The molecule has 0 aromatic heterocycles. The van der Waals surface area contributed by atoms with E-state index in [2.05, 4.69) is 0 Å². The van der Waals surface area contributed by atoms with Crippen LogP contribution in [0.3, 0.4) is 0 Å². The number of aromatic hydroxyl groups is 7. The van der Waals surface area contributed by atoms with Gasteiger partial charge in [0.25, 0.3) is 0 Å².